The van der Waals surface area contributed by atoms with Gasteiger partial charge in [-0.2, -0.15) is 0 Å². The Labute approximate surface area is 160 Å². The van der Waals surface area contributed by atoms with Crippen LogP contribution >= 0.6 is 0 Å². The van der Waals surface area contributed by atoms with Crippen LogP contribution in [0.4, 0.5) is 4.79 Å². The second-order valence-corrected chi connectivity index (χ2v) is 8.95. The first kappa shape index (κ1) is 18.6. The molecular formula is C20H28BNO5. The lowest BCUT2D eigenvalue weighted by atomic mass is 9.43. The molecule has 1 aromatic carbocycles. The molecule has 5 rings (SSSR count). The fraction of sp³-hybridized carbons (Fsp3) is 0.650. The molecule has 1 heterocycles. The number of rotatable bonds is 5. The van der Waals surface area contributed by atoms with Gasteiger partial charge in [0.05, 0.1) is 24.8 Å². The number of hydrogen-bond donors (Lipinski definition) is 2. The van der Waals surface area contributed by atoms with Gasteiger partial charge >= 0.3 is 13.2 Å². The van der Waals surface area contributed by atoms with Gasteiger partial charge in [-0.15, -0.1) is 0 Å². The van der Waals surface area contributed by atoms with E-state index in [1.165, 1.54) is 6.42 Å². The summed E-state index contributed by atoms with van der Waals surface area (Å²) in [5.41, 5.74) is 0.919. The molecule has 1 saturated heterocycles. The quantitative estimate of drug-likeness (QED) is 0.776. The van der Waals surface area contributed by atoms with Crippen LogP contribution in [0.25, 0.3) is 0 Å². The molecule has 27 heavy (non-hydrogen) atoms. The van der Waals surface area contributed by atoms with Crippen LogP contribution in [0, 0.1) is 17.3 Å². The summed E-state index contributed by atoms with van der Waals surface area (Å²) in [6.07, 6.45) is 1.63. The summed E-state index contributed by atoms with van der Waals surface area (Å²) in [5.74, 6) is 1.43. The zero-order valence-corrected chi connectivity index (χ0v) is 16.4. The lowest BCUT2D eigenvalue weighted by molar-refractivity contribution is -0.199. The summed E-state index contributed by atoms with van der Waals surface area (Å²) in [5, 5.41) is 11.9. The van der Waals surface area contributed by atoms with E-state index in [4.69, 9.17) is 14.0 Å². The molecule has 0 unspecified atom stereocenters. The standard InChI is InChI=1S/C20H28BNO5/c1-19(2)13-10-15(19)20(3)16(11-13)26-21(27-20)17(22-18(23)24)9-12-5-7-14(25-4)8-6-12/h5-8,13,15-17,22H,9-11H2,1-4H3,(H,23,24)/t13-,15-,16+,17-,20-/m0/s1. The normalized spacial score (nSPS) is 34.4. The molecule has 1 amide bonds. The molecule has 3 aliphatic carbocycles. The maximum Gasteiger partial charge on any atom is 0.482 e. The lowest BCUT2D eigenvalue weighted by Gasteiger charge is -2.64. The second kappa shape index (κ2) is 6.42. The van der Waals surface area contributed by atoms with E-state index in [1.54, 1.807) is 7.11 Å². The average molecular weight is 373 g/mol. The Balaban J connectivity index is 1.52. The van der Waals surface area contributed by atoms with Crippen LogP contribution in [0.15, 0.2) is 24.3 Å². The number of hydrogen-bond acceptors (Lipinski definition) is 4. The monoisotopic (exact) mass is 373 g/mol. The van der Waals surface area contributed by atoms with Crippen LogP contribution in [0.3, 0.4) is 0 Å². The van der Waals surface area contributed by atoms with Crippen molar-refractivity contribution < 1.29 is 23.9 Å². The van der Waals surface area contributed by atoms with E-state index in [0.717, 1.165) is 17.7 Å². The van der Waals surface area contributed by atoms with E-state index < -0.39 is 19.2 Å². The molecule has 1 aromatic rings. The number of carboxylic acid groups (broad SMARTS) is 1. The molecule has 0 radical (unpaired) electrons. The van der Waals surface area contributed by atoms with Crippen LogP contribution in [0.2, 0.25) is 0 Å². The number of nitrogens with one attached hydrogen (secondary N) is 1. The Morgan fingerprint density at radius 2 is 2.04 bits per heavy atom. The molecule has 146 valence electrons. The Morgan fingerprint density at radius 3 is 2.63 bits per heavy atom. The summed E-state index contributed by atoms with van der Waals surface area (Å²) in [7, 11) is 1.05. The molecule has 3 saturated carbocycles. The first-order valence-corrected chi connectivity index (χ1v) is 9.69. The first-order chi connectivity index (χ1) is 12.7. The van der Waals surface area contributed by atoms with Crippen LogP contribution in [0.1, 0.15) is 39.2 Å². The van der Waals surface area contributed by atoms with E-state index in [0.29, 0.717) is 18.3 Å². The highest BCUT2D eigenvalue weighted by Crippen LogP contribution is 2.65. The maximum absolute atomic E-state index is 11.4. The van der Waals surface area contributed by atoms with Crippen molar-refractivity contribution in [3.8, 4) is 5.75 Å². The van der Waals surface area contributed by atoms with E-state index in [1.807, 2.05) is 24.3 Å². The molecule has 4 fully saturated rings. The van der Waals surface area contributed by atoms with Crippen molar-refractivity contribution in [2.75, 3.05) is 7.11 Å². The highest BCUT2D eigenvalue weighted by molar-refractivity contribution is 6.47. The Kier molecular flexibility index (Phi) is 4.43. The third-order valence-corrected chi connectivity index (χ3v) is 7.22. The third kappa shape index (κ3) is 3.01. The molecule has 0 aromatic heterocycles. The number of carbonyl (C=O) groups is 1. The minimum atomic E-state index is -1.06. The van der Waals surface area contributed by atoms with Crippen LogP contribution in [-0.4, -0.2) is 43.1 Å². The molecule has 0 spiro atoms. The van der Waals surface area contributed by atoms with Crippen molar-refractivity contribution in [2.45, 2.75) is 57.7 Å². The van der Waals surface area contributed by atoms with E-state index in [2.05, 4.69) is 26.1 Å². The van der Waals surface area contributed by atoms with Gasteiger partial charge in [0.1, 0.15) is 5.75 Å². The molecule has 1 aliphatic heterocycles. The van der Waals surface area contributed by atoms with Gasteiger partial charge in [-0.3, -0.25) is 0 Å². The Hall–Kier alpha value is -1.73. The summed E-state index contributed by atoms with van der Waals surface area (Å²) < 4.78 is 17.9. The van der Waals surface area contributed by atoms with Crippen molar-refractivity contribution >= 4 is 13.2 Å². The minimum absolute atomic E-state index is 0.0354. The molecule has 2 bridgehead atoms. The highest BCUT2D eigenvalue weighted by atomic mass is 16.7. The van der Waals surface area contributed by atoms with Gasteiger partial charge in [0.15, 0.2) is 0 Å². The van der Waals surface area contributed by atoms with Gasteiger partial charge in [0.2, 0.25) is 0 Å². The van der Waals surface area contributed by atoms with Gasteiger partial charge < -0.3 is 24.5 Å². The summed E-state index contributed by atoms with van der Waals surface area (Å²) >= 11 is 0. The summed E-state index contributed by atoms with van der Waals surface area (Å²) in [6.45, 7) is 6.77. The predicted octanol–water partition coefficient (Wildman–Crippen LogP) is 3.14. The summed E-state index contributed by atoms with van der Waals surface area (Å²) in [6, 6.07) is 7.64. The van der Waals surface area contributed by atoms with Crippen molar-refractivity contribution in [1.82, 2.24) is 5.32 Å². The predicted molar refractivity (Wildman–Crippen MR) is 102 cm³/mol. The van der Waals surface area contributed by atoms with Crippen molar-refractivity contribution in [2.24, 2.45) is 17.3 Å². The molecule has 7 heteroatoms. The topological polar surface area (TPSA) is 77.0 Å². The van der Waals surface area contributed by atoms with Gasteiger partial charge in [-0.25, -0.2) is 4.79 Å². The summed E-state index contributed by atoms with van der Waals surface area (Å²) in [4.78, 5) is 11.4. The Morgan fingerprint density at radius 1 is 1.33 bits per heavy atom. The van der Waals surface area contributed by atoms with Gasteiger partial charge in [-0.1, -0.05) is 26.0 Å². The van der Waals surface area contributed by atoms with E-state index in [-0.39, 0.29) is 17.1 Å². The van der Waals surface area contributed by atoms with Gasteiger partial charge in [0, 0.05) is 0 Å². The SMILES string of the molecule is COc1ccc(C[C@H](NC(=O)O)B2O[C@@H]3C[C@@H]4C[C@@H](C4(C)C)[C@]3(C)O2)cc1. The maximum atomic E-state index is 11.4. The smallest absolute Gasteiger partial charge is 0.482 e. The van der Waals surface area contributed by atoms with Gasteiger partial charge in [0.25, 0.3) is 0 Å². The van der Waals surface area contributed by atoms with E-state index >= 15 is 0 Å². The van der Waals surface area contributed by atoms with Crippen LogP contribution < -0.4 is 10.1 Å². The number of benzene rings is 1. The van der Waals surface area contributed by atoms with Gasteiger partial charge in [-0.05, 0) is 61.1 Å². The molecular weight excluding hydrogens is 345 g/mol. The zero-order valence-electron chi connectivity index (χ0n) is 16.4. The van der Waals surface area contributed by atoms with Crippen molar-refractivity contribution in [3.05, 3.63) is 29.8 Å². The number of methoxy groups -OCH3 is 1. The van der Waals surface area contributed by atoms with Crippen molar-refractivity contribution in [3.63, 3.8) is 0 Å². The second-order valence-electron chi connectivity index (χ2n) is 8.95. The molecule has 4 aliphatic rings. The fourth-order valence-corrected chi connectivity index (χ4v) is 5.46. The molecule has 2 N–H and O–H groups in total. The van der Waals surface area contributed by atoms with Crippen molar-refractivity contribution in [1.29, 1.82) is 0 Å². The molecule has 6 nitrogen and oxygen atoms in total. The molecule has 5 atom stereocenters. The van der Waals surface area contributed by atoms with E-state index in [9.17, 15) is 9.90 Å². The van der Waals surface area contributed by atoms with Crippen LogP contribution in [0.5, 0.6) is 5.75 Å². The lowest BCUT2D eigenvalue weighted by Crippen LogP contribution is -2.65. The number of amides is 1. The third-order valence-electron chi connectivity index (χ3n) is 7.22. The Bertz CT molecular complexity index is 724. The minimum Gasteiger partial charge on any atom is -0.497 e. The fourth-order valence-electron chi connectivity index (χ4n) is 5.46. The van der Waals surface area contributed by atoms with Crippen LogP contribution in [-0.2, 0) is 15.7 Å². The zero-order chi connectivity index (χ0) is 19.4. The number of ether oxygens (including phenoxy) is 1. The average Bonchev–Trinajstić information content (AvgIpc) is 2.98. The largest absolute Gasteiger partial charge is 0.497 e. The highest BCUT2D eigenvalue weighted by Gasteiger charge is 2.68. The first-order valence-electron chi connectivity index (χ1n) is 9.69.